The molecule has 0 fully saturated rings. The summed E-state index contributed by atoms with van der Waals surface area (Å²) in [6.45, 7) is 9.92. The summed E-state index contributed by atoms with van der Waals surface area (Å²) in [5.41, 5.74) is 0.429. The molecule has 0 aliphatic rings. The number of amides is 3. The zero-order chi connectivity index (χ0) is 23.8. The molecule has 1 aromatic carbocycles. The minimum Gasteiger partial charge on any atom is -0.444 e. The summed E-state index contributed by atoms with van der Waals surface area (Å²) in [6, 6.07) is 4.35. The molecule has 1 aromatic rings. The Morgan fingerprint density at radius 2 is 1.74 bits per heavy atom. The molecule has 0 saturated heterocycles. The molecule has 0 aromatic heterocycles. The van der Waals surface area contributed by atoms with Gasteiger partial charge >= 0.3 is 6.09 Å². The van der Waals surface area contributed by atoms with Crippen LogP contribution >= 0.6 is 0 Å². The number of aliphatic hydroxyl groups is 1. The average molecular weight is 432 g/mol. The first-order valence-electron chi connectivity index (χ1n) is 10.2. The molecule has 8 heteroatoms. The summed E-state index contributed by atoms with van der Waals surface area (Å²) < 4.78 is 5.17. The van der Waals surface area contributed by atoms with Crippen LogP contribution in [0.2, 0.25) is 0 Å². The van der Waals surface area contributed by atoms with Crippen LogP contribution in [0.3, 0.4) is 0 Å². The van der Waals surface area contributed by atoms with Crippen molar-refractivity contribution in [2.75, 3.05) is 13.2 Å². The SMILES string of the molecule is C#Cc1ccc(C(C(=O)NC(C)C)N(CC)C(=O)C(CO)NC(=O)OC(C)(C)C)cc1. The summed E-state index contributed by atoms with van der Waals surface area (Å²) in [7, 11) is 0. The number of likely N-dealkylation sites (N-methyl/N-ethyl adjacent to an activating group) is 1. The van der Waals surface area contributed by atoms with Gasteiger partial charge < -0.3 is 25.4 Å². The van der Waals surface area contributed by atoms with E-state index in [2.05, 4.69) is 16.6 Å². The molecule has 0 heterocycles. The predicted molar refractivity (Wildman–Crippen MR) is 118 cm³/mol. The molecule has 2 atom stereocenters. The number of rotatable bonds is 8. The lowest BCUT2D eigenvalue weighted by Crippen LogP contribution is -2.54. The largest absolute Gasteiger partial charge is 0.444 e. The second-order valence-corrected chi connectivity index (χ2v) is 8.34. The Labute approximate surface area is 184 Å². The highest BCUT2D eigenvalue weighted by atomic mass is 16.6. The van der Waals surface area contributed by atoms with E-state index in [0.717, 1.165) is 0 Å². The first-order valence-corrected chi connectivity index (χ1v) is 10.2. The van der Waals surface area contributed by atoms with E-state index in [4.69, 9.17) is 11.2 Å². The van der Waals surface area contributed by atoms with Gasteiger partial charge in [0.2, 0.25) is 11.8 Å². The third-order valence-corrected chi connectivity index (χ3v) is 4.18. The van der Waals surface area contributed by atoms with Gasteiger partial charge in [-0.25, -0.2) is 4.79 Å². The Morgan fingerprint density at radius 1 is 1.16 bits per heavy atom. The molecule has 0 aliphatic carbocycles. The van der Waals surface area contributed by atoms with E-state index < -0.39 is 36.3 Å². The molecule has 0 saturated carbocycles. The van der Waals surface area contributed by atoms with Gasteiger partial charge in [-0.15, -0.1) is 6.42 Å². The molecular weight excluding hydrogens is 398 g/mol. The Kier molecular flexibility index (Phi) is 9.53. The van der Waals surface area contributed by atoms with Crippen LogP contribution in [0.4, 0.5) is 4.79 Å². The van der Waals surface area contributed by atoms with Crippen molar-refractivity contribution in [1.82, 2.24) is 15.5 Å². The fraction of sp³-hybridized carbons (Fsp3) is 0.522. The van der Waals surface area contributed by atoms with E-state index in [-0.39, 0.29) is 18.5 Å². The lowest BCUT2D eigenvalue weighted by Gasteiger charge is -2.33. The number of carbonyl (C=O) groups is 3. The van der Waals surface area contributed by atoms with E-state index in [9.17, 15) is 19.5 Å². The van der Waals surface area contributed by atoms with Crippen molar-refractivity contribution < 1.29 is 24.2 Å². The van der Waals surface area contributed by atoms with Crippen molar-refractivity contribution in [2.24, 2.45) is 0 Å². The van der Waals surface area contributed by atoms with Gasteiger partial charge in [0.15, 0.2) is 0 Å². The van der Waals surface area contributed by atoms with Gasteiger partial charge in [-0.3, -0.25) is 9.59 Å². The van der Waals surface area contributed by atoms with E-state index >= 15 is 0 Å². The maximum atomic E-state index is 13.2. The Hall–Kier alpha value is -3.05. The summed E-state index contributed by atoms with van der Waals surface area (Å²) in [6.07, 6.45) is 4.57. The number of hydrogen-bond donors (Lipinski definition) is 3. The fourth-order valence-corrected chi connectivity index (χ4v) is 2.90. The highest BCUT2D eigenvalue weighted by Gasteiger charge is 2.35. The maximum Gasteiger partial charge on any atom is 0.408 e. The van der Waals surface area contributed by atoms with Crippen LogP contribution in [-0.2, 0) is 14.3 Å². The minimum absolute atomic E-state index is 0.151. The van der Waals surface area contributed by atoms with Gasteiger partial charge in [-0.1, -0.05) is 18.1 Å². The molecule has 0 spiro atoms. The maximum absolute atomic E-state index is 13.2. The van der Waals surface area contributed by atoms with Gasteiger partial charge in [0.1, 0.15) is 17.7 Å². The number of terminal acetylenes is 1. The Balaban J connectivity index is 3.25. The van der Waals surface area contributed by atoms with Crippen LogP contribution in [0.15, 0.2) is 24.3 Å². The molecule has 1 rings (SSSR count). The highest BCUT2D eigenvalue weighted by Crippen LogP contribution is 2.23. The van der Waals surface area contributed by atoms with Crippen LogP contribution in [0.1, 0.15) is 58.7 Å². The smallest absolute Gasteiger partial charge is 0.408 e. The van der Waals surface area contributed by atoms with Crippen molar-refractivity contribution in [3.63, 3.8) is 0 Å². The van der Waals surface area contributed by atoms with Gasteiger partial charge in [-0.05, 0) is 59.2 Å². The minimum atomic E-state index is -1.27. The lowest BCUT2D eigenvalue weighted by atomic mass is 10.0. The van der Waals surface area contributed by atoms with E-state index in [1.54, 1.807) is 52.0 Å². The number of nitrogens with one attached hydrogen (secondary N) is 2. The number of carbonyl (C=O) groups excluding carboxylic acids is 3. The first-order chi connectivity index (χ1) is 14.4. The van der Waals surface area contributed by atoms with Gasteiger partial charge in [0.05, 0.1) is 6.61 Å². The van der Waals surface area contributed by atoms with Crippen molar-refractivity contribution in [1.29, 1.82) is 0 Å². The molecule has 3 amide bonds. The van der Waals surface area contributed by atoms with Crippen molar-refractivity contribution in [3.05, 3.63) is 35.4 Å². The second kappa shape index (κ2) is 11.4. The van der Waals surface area contributed by atoms with Gasteiger partial charge in [0.25, 0.3) is 0 Å². The number of alkyl carbamates (subject to hydrolysis) is 1. The topological polar surface area (TPSA) is 108 Å². The average Bonchev–Trinajstić information content (AvgIpc) is 2.67. The number of benzene rings is 1. The fourth-order valence-electron chi connectivity index (χ4n) is 2.90. The van der Waals surface area contributed by atoms with Crippen molar-refractivity contribution in [3.8, 4) is 12.3 Å². The molecule has 3 N–H and O–H groups in total. The van der Waals surface area contributed by atoms with Crippen molar-refractivity contribution >= 4 is 17.9 Å². The highest BCUT2D eigenvalue weighted by molar-refractivity contribution is 5.92. The summed E-state index contributed by atoms with van der Waals surface area (Å²) in [5, 5.41) is 15.0. The van der Waals surface area contributed by atoms with E-state index in [1.165, 1.54) is 4.90 Å². The number of nitrogens with zero attached hydrogens (tertiary/aromatic N) is 1. The number of hydrogen-bond acceptors (Lipinski definition) is 5. The third-order valence-electron chi connectivity index (χ3n) is 4.18. The molecular formula is C23H33N3O5. The first kappa shape index (κ1) is 26.0. The summed E-state index contributed by atoms with van der Waals surface area (Å²) in [4.78, 5) is 39.7. The van der Waals surface area contributed by atoms with Gasteiger partial charge in [0, 0.05) is 18.2 Å². The molecule has 2 unspecified atom stereocenters. The lowest BCUT2D eigenvalue weighted by molar-refractivity contribution is -0.143. The quantitative estimate of drug-likeness (QED) is 0.546. The Morgan fingerprint density at radius 3 is 2.16 bits per heavy atom. The predicted octanol–water partition coefficient (Wildman–Crippen LogP) is 1.97. The van der Waals surface area contributed by atoms with Crippen LogP contribution < -0.4 is 10.6 Å². The Bertz CT molecular complexity index is 806. The number of ether oxygens (including phenoxy) is 1. The monoisotopic (exact) mass is 431 g/mol. The molecule has 0 aliphatic heterocycles. The third kappa shape index (κ3) is 7.95. The van der Waals surface area contributed by atoms with Gasteiger partial charge in [-0.2, -0.15) is 0 Å². The van der Waals surface area contributed by atoms with Crippen molar-refractivity contribution in [2.45, 2.75) is 65.3 Å². The van der Waals surface area contributed by atoms with Crippen LogP contribution in [0.5, 0.6) is 0 Å². The molecule has 0 bridgehead atoms. The molecule has 31 heavy (non-hydrogen) atoms. The van der Waals surface area contributed by atoms with Crippen LogP contribution in [0.25, 0.3) is 0 Å². The zero-order valence-corrected chi connectivity index (χ0v) is 19.1. The van der Waals surface area contributed by atoms with Crippen LogP contribution in [0, 0.1) is 12.3 Å². The summed E-state index contributed by atoms with van der Waals surface area (Å²) in [5.74, 6) is 1.52. The van der Waals surface area contributed by atoms with E-state index in [0.29, 0.717) is 11.1 Å². The van der Waals surface area contributed by atoms with E-state index in [1.807, 2.05) is 13.8 Å². The zero-order valence-electron chi connectivity index (χ0n) is 19.1. The summed E-state index contributed by atoms with van der Waals surface area (Å²) >= 11 is 0. The standard InChI is InChI=1S/C23H33N3O5/c1-8-16-10-12-17(13-11-16)19(20(28)24-15(3)4)26(9-2)21(29)18(14-27)25-22(30)31-23(5,6)7/h1,10-13,15,18-19,27H,9,14H2,2-7H3,(H,24,28)(H,25,30). The molecule has 8 nitrogen and oxygen atoms in total. The normalized spacial score (nSPS) is 13.0. The second-order valence-electron chi connectivity index (χ2n) is 8.34. The molecule has 0 radical (unpaired) electrons. The molecule has 170 valence electrons. The number of aliphatic hydroxyl groups excluding tert-OH is 1. The van der Waals surface area contributed by atoms with Crippen LogP contribution in [-0.4, -0.2) is 58.8 Å².